The summed E-state index contributed by atoms with van der Waals surface area (Å²) in [5.74, 6) is -1.98. The third kappa shape index (κ3) is 1.86. The molecule has 0 saturated carbocycles. The SMILES string of the molecule is O=C(O)c1ccc(-n2nnc3c(Cl)ncnc32)c(F)c1. The van der Waals surface area contributed by atoms with Crippen molar-refractivity contribution in [1.29, 1.82) is 0 Å². The Morgan fingerprint density at radius 2 is 2.15 bits per heavy atom. The number of aromatic carboxylic acids is 1. The smallest absolute Gasteiger partial charge is 0.335 e. The van der Waals surface area contributed by atoms with Crippen LogP contribution in [-0.2, 0) is 0 Å². The normalized spacial score (nSPS) is 10.9. The van der Waals surface area contributed by atoms with Crippen LogP contribution in [0.15, 0.2) is 24.5 Å². The predicted octanol–water partition coefficient (Wildman–Crippen LogP) is 1.70. The number of hydrogen-bond donors (Lipinski definition) is 1. The van der Waals surface area contributed by atoms with Gasteiger partial charge in [0.1, 0.15) is 17.8 Å². The van der Waals surface area contributed by atoms with Crippen molar-refractivity contribution in [2.45, 2.75) is 0 Å². The monoisotopic (exact) mass is 293 g/mol. The van der Waals surface area contributed by atoms with Crippen LogP contribution in [0.25, 0.3) is 16.9 Å². The van der Waals surface area contributed by atoms with Crippen LogP contribution in [0.4, 0.5) is 4.39 Å². The van der Waals surface area contributed by atoms with E-state index in [2.05, 4.69) is 20.3 Å². The highest BCUT2D eigenvalue weighted by molar-refractivity contribution is 6.33. The third-order valence-corrected chi connectivity index (χ3v) is 2.89. The standard InChI is InChI=1S/C11H5ClFN5O2/c12-9-8-10(15-4-14-9)18(17-16-8)7-2-1-5(11(19)20)3-6(7)13/h1-4H,(H,19,20). The second-order valence-corrected chi connectivity index (χ2v) is 4.17. The van der Waals surface area contributed by atoms with Crippen LogP contribution in [0.2, 0.25) is 5.15 Å². The van der Waals surface area contributed by atoms with Gasteiger partial charge < -0.3 is 5.11 Å². The number of rotatable bonds is 2. The maximum absolute atomic E-state index is 14.0. The Morgan fingerprint density at radius 3 is 2.85 bits per heavy atom. The van der Waals surface area contributed by atoms with Crippen molar-refractivity contribution in [2.24, 2.45) is 0 Å². The maximum atomic E-state index is 14.0. The highest BCUT2D eigenvalue weighted by atomic mass is 35.5. The quantitative estimate of drug-likeness (QED) is 0.723. The summed E-state index contributed by atoms with van der Waals surface area (Å²) in [6.07, 6.45) is 1.20. The van der Waals surface area contributed by atoms with E-state index in [1.165, 1.54) is 18.5 Å². The third-order valence-electron chi connectivity index (χ3n) is 2.62. The van der Waals surface area contributed by atoms with Crippen LogP contribution >= 0.6 is 11.6 Å². The number of benzene rings is 1. The molecule has 3 aromatic rings. The van der Waals surface area contributed by atoms with E-state index >= 15 is 0 Å². The fourth-order valence-electron chi connectivity index (χ4n) is 1.70. The summed E-state index contributed by atoms with van der Waals surface area (Å²) in [5.41, 5.74) is 0.318. The molecule has 2 heterocycles. The zero-order valence-corrected chi connectivity index (χ0v) is 10.4. The van der Waals surface area contributed by atoms with Crippen LogP contribution in [0.5, 0.6) is 0 Å². The predicted molar refractivity (Wildman–Crippen MR) is 66.4 cm³/mol. The van der Waals surface area contributed by atoms with Crippen LogP contribution in [0, 0.1) is 5.82 Å². The Balaban J connectivity index is 2.21. The second kappa shape index (κ2) is 4.49. The number of fused-ring (bicyclic) bond motifs is 1. The van der Waals surface area contributed by atoms with Gasteiger partial charge in [-0.25, -0.2) is 19.2 Å². The van der Waals surface area contributed by atoms with Gasteiger partial charge in [0.25, 0.3) is 0 Å². The molecule has 20 heavy (non-hydrogen) atoms. The van der Waals surface area contributed by atoms with Gasteiger partial charge in [-0.05, 0) is 18.2 Å². The Hall–Kier alpha value is -2.61. The molecule has 0 aliphatic carbocycles. The summed E-state index contributed by atoms with van der Waals surface area (Å²) >= 11 is 5.83. The van der Waals surface area contributed by atoms with E-state index in [-0.39, 0.29) is 27.6 Å². The largest absolute Gasteiger partial charge is 0.478 e. The lowest BCUT2D eigenvalue weighted by molar-refractivity contribution is 0.0696. The molecule has 9 heteroatoms. The first-order valence-electron chi connectivity index (χ1n) is 5.33. The zero-order valence-electron chi connectivity index (χ0n) is 9.66. The van der Waals surface area contributed by atoms with E-state index in [4.69, 9.17) is 16.7 Å². The maximum Gasteiger partial charge on any atom is 0.335 e. The molecule has 0 atom stereocenters. The van der Waals surface area contributed by atoms with Gasteiger partial charge >= 0.3 is 5.97 Å². The summed E-state index contributed by atoms with van der Waals surface area (Å²) in [7, 11) is 0. The molecule has 0 aliphatic rings. The van der Waals surface area contributed by atoms with Gasteiger partial charge in [0.15, 0.2) is 16.3 Å². The first-order chi connectivity index (χ1) is 9.58. The molecule has 0 amide bonds. The van der Waals surface area contributed by atoms with Crippen LogP contribution < -0.4 is 0 Å². The minimum Gasteiger partial charge on any atom is -0.478 e. The van der Waals surface area contributed by atoms with Crippen molar-refractivity contribution >= 4 is 28.7 Å². The molecule has 0 fully saturated rings. The Morgan fingerprint density at radius 1 is 1.35 bits per heavy atom. The molecule has 0 saturated heterocycles. The van der Waals surface area contributed by atoms with Crippen molar-refractivity contribution in [3.63, 3.8) is 0 Å². The Labute approximate surface area is 115 Å². The molecular formula is C11H5ClFN5O2. The summed E-state index contributed by atoms with van der Waals surface area (Å²) in [5, 5.41) is 16.4. The number of nitrogens with zero attached hydrogens (tertiary/aromatic N) is 5. The molecule has 0 bridgehead atoms. The minimum atomic E-state index is -1.22. The molecule has 100 valence electrons. The zero-order chi connectivity index (χ0) is 14.3. The molecule has 0 unspecified atom stereocenters. The van der Waals surface area contributed by atoms with Gasteiger partial charge in [-0.2, -0.15) is 4.68 Å². The van der Waals surface area contributed by atoms with Gasteiger partial charge in [-0.15, -0.1) is 5.10 Å². The number of carboxylic acid groups (broad SMARTS) is 1. The van der Waals surface area contributed by atoms with Crippen LogP contribution in [-0.4, -0.2) is 36.0 Å². The van der Waals surface area contributed by atoms with Crippen molar-refractivity contribution in [1.82, 2.24) is 25.0 Å². The fourth-order valence-corrected chi connectivity index (χ4v) is 1.86. The summed E-state index contributed by atoms with van der Waals surface area (Å²) < 4.78 is 15.1. The molecule has 1 aromatic carbocycles. The van der Waals surface area contributed by atoms with Gasteiger partial charge in [0.2, 0.25) is 0 Å². The molecular weight excluding hydrogens is 289 g/mol. The minimum absolute atomic E-state index is 0.0206. The first-order valence-corrected chi connectivity index (χ1v) is 5.71. The highest BCUT2D eigenvalue weighted by Gasteiger charge is 2.16. The topological polar surface area (TPSA) is 93.8 Å². The highest BCUT2D eigenvalue weighted by Crippen LogP contribution is 2.21. The van der Waals surface area contributed by atoms with Crippen molar-refractivity contribution in [3.05, 3.63) is 41.1 Å². The Bertz CT molecular complexity index is 835. The van der Waals surface area contributed by atoms with Gasteiger partial charge in [0.05, 0.1) is 5.56 Å². The van der Waals surface area contributed by atoms with E-state index in [1.807, 2.05) is 0 Å². The Kier molecular flexibility index (Phi) is 2.79. The van der Waals surface area contributed by atoms with Crippen LogP contribution in [0.3, 0.4) is 0 Å². The molecule has 7 nitrogen and oxygen atoms in total. The summed E-state index contributed by atoms with van der Waals surface area (Å²) in [6.45, 7) is 0. The molecule has 0 radical (unpaired) electrons. The van der Waals surface area contributed by atoms with E-state index < -0.39 is 11.8 Å². The number of carbonyl (C=O) groups is 1. The van der Waals surface area contributed by atoms with E-state index in [0.717, 1.165) is 10.7 Å². The van der Waals surface area contributed by atoms with E-state index in [0.29, 0.717) is 0 Å². The number of carboxylic acids is 1. The average Bonchev–Trinajstić information content (AvgIpc) is 2.84. The summed E-state index contributed by atoms with van der Waals surface area (Å²) in [6, 6.07) is 3.44. The molecule has 3 rings (SSSR count). The number of halogens is 2. The number of hydrogen-bond acceptors (Lipinski definition) is 5. The van der Waals surface area contributed by atoms with Gasteiger partial charge in [-0.3, -0.25) is 0 Å². The van der Waals surface area contributed by atoms with Crippen molar-refractivity contribution in [2.75, 3.05) is 0 Å². The van der Waals surface area contributed by atoms with Crippen molar-refractivity contribution in [3.8, 4) is 5.69 Å². The van der Waals surface area contributed by atoms with E-state index in [9.17, 15) is 9.18 Å². The van der Waals surface area contributed by atoms with Crippen molar-refractivity contribution < 1.29 is 14.3 Å². The molecule has 1 N–H and O–H groups in total. The second-order valence-electron chi connectivity index (χ2n) is 3.81. The van der Waals surface area contributed by atoms with Gasteiger partial charge in [-0.1, -0.05) is 16.8 Å². The fraction of sp³-hybridized carbons (Fsp3) is 0. The lowest BCUT2D eigenvalue weighted by Gasteiger charge is -2.04. The van der Waals surface area contributed by atoms with Gasteiger partial charge in [0, 0.05) is 0 Å². The summed E-state index contributed by atoms with van der Waals surface area (Å²) in [4.78, 5) is 18.4. The number of aromatic nitrogens is 5. The molecule has 0 spiro atoms. The van der Waals surface area contributed by atoms with E-state index in [1.54, 1.807) is 0 Å². The lowest BCUT2D eigenvalue weighted by Crippen LogP contribution is -2.04. The first kappa shape index (κ1) is 12.4. The van der Waals surface area contributed by atoms with Crippen LogP contribution in [0.1, 0.15) is 10.4 Å². The molecule has 0 aliphatic heterocycles. The lowest BCUT2D eigenvalue weighted by atomic mass is 10.2. The average molecular weight is 294 g/mol. The molecule has 2 aromatic heterocycles.